The van der Waals surface area contributed by atoms with E-state index in [1.165, 1.54) is 59.0 Å². The Labute approximate surface area is 592 Å². The number of fused-ring (bicyclic) bond motifs is 2. The number of amides is 7. The molecule has 3 aliphatic rings. The normalized spacial score (nSPS) is 20.3. The van der Waals surface area contributed by atoms with Crippen LogP contribution in [0.3, 0.4) is 0 Å². The molecular formula is C75H97N9O15S2. The number of benzene rings is 6. The van der Waals surface area contributed by atoms with Crippen LogP contribution in [0.5, 0.6) is 11.5 Å². The summed E-state index contributed by atoms with van der Waals surface area (Å²) in [6.07, 6.45) is 7.52. The van der Waals surface area contributed by atoms with E-state index in [1.54, 1.807) is 62.4 Å². The molecule has 6 aromatic carbocycles. The van der Waals surface area contributed by atoms with Gasteiger partial charge in [0.15, 0.2) is 0 Å². The van der Waals surface area contributed by atoms with Gasteiger partial charge < -0.3 is 57.7 Å². The number of carbonyl (C=O) groups excluding carboxylic acids is 7. The average molecular weight is 1430 g/mol. The third-order valence-electron chi connectivity index (χ3n) is 17.9. The van der Waals surface area contributed by atoms with E-state index >= 15 is 0 Å². The standard InChI is InChI=1S/C61H81N9O9.2C7H8O3S/c1-4-5-6-9-36-79-48-30-26-44(27-31-48)42-20-18-41(19-21-42)43-22-24-45(25-23-43)55(72)65-49-13-10-34-64-58(75)53-37-46(63)38-70(53)60(77)51(12-7-8-33-62)67-56(73)50(32-17-40-15-28-47(71)29-16-40)66-59(76)52-14-11-35-69(52)61(78)54(39(2)3)68-57(49)74;2*1-6-2-4-7(5-3-6)11(8,9)10/h15-16,18-31,39,46,49-54,71H,4-14,17,32-38,62-63H2,1-3H3,(H,64,75)(H,65,72)(H,66,76)(H,67,73)(H,68,74);2*2-5H,1H3,(H,8,9,10)/t46-,49-,50-,51-,52-,53-,54-;;/m0../s1. The van der Waals surface area contributed by atoms with Crippen molar-refractivity contribution < 1.29 is 69.3 Å². The summed E-state index contributed by atoms with van der Waals surface area (Å²) in [6.45, 7) is 10.9. The number of nitrogens with one attached hydrogen (secondary N) is 5. The first-order chi connectivity index (χ1) is 48.1. The monoisotopic (exact) mass is 1430 g/mol. The summed E-state index contributed by atoms with van der Waals surface area (Å²) in [4.78, 5) is 103. The highest BCUT2D eigenvalue weighted by atomic mass is 32.2. The van der Waals surface area contributed by atoms with Gasteiger partial charge in [0.25, 0.3) is 26.1 Å². The number of rotatable bonds is 20. The van der Waals surface area contributed by atoms with Gasteiger partial charge in [-0.1, -0.05) is 136 Å². The fourth-order valence-electron chi connectivity index (χ4n) is 12.0. The largest absolute Gasteiger partial charge is 0.508 e. The van der Waals surface area contributed by atoms with E-state index in [-0.39, 0.29) is 67.3 Å². The number of aryl methyl sites for hydroxylation is 3. The zero-order chi connectivity index (χ0) is 73.4. The first-order valence-electron chi connectivity index (χ1n) is 34.5. The number of ether oxygens (including phenoxy) is 1. The maximum atomic E-state index is 14.6. The van der Waals surface area contributed by atoms with Gasteiger partial charge in [-0.05, 0) is 185 Å². The Balaban J connectivity index is 0.000000549. The second-order valence-electron chi connectivity index (χ2n) is 26.2. The molecule has 6 aromatic rings. The lowest BCUT2D eigenvalue weighted by atomic mass is 9.99. The number of carbonyl (C=O) groups is 7. The molecule has 24 nitrogen and oxygen atoms in total. The topological polar surface area (TPSA) is 376 Å². The fourth-order valence-corrected chi connectivity index (χ4v) is 13.0. The third-order valence-corrected chi connectivity index (χ3v) is 19.6. The van der Waals surface area contributed by atoms with E-state index < -0.39 is 110 Å². The minimum absolute atomic E-state index is 0.0656. The number of hydrogen-bond acceptors (Lipinski definition) is 15. The lowest BCUT2D eigenvalue weighted by molar-refractivity contribution is -0.143. The van der Waals surface area contributed by atoms with Crippen molar-refractivity contribution in [3.05, 3.63) is 168 Å². The minimum atomic E-state index is -4.02. The molecule has 0 saturated carbocycles. The summed E-state index contributed by atoms with van der Waals surface area (Å²) in [5.74, 6) is -3.31. The van der Waals surface area contributed by atoms with Crippen molar-refractivity contribution in [1.29, 1.82) is 0 Å². The second kappa shape index (κ2) is 38.1. The van der Waals surface area contributed by atoms with Crippen LogP contribution in [0.4, 0.5) is 0 Å². The Morgan fingerprint density at radius 3 is 1.70 bits per heavy atom. The predicted octanol–water partition coefficient (Wildman–Crippen LogP) is 7.97. The van der Waals surface area contributed by atoms with Gasteiger partial charge in [0.2, 0.25) is 35.4 Å². The quantitative estimate of drug-likeness (QED) is 0.0256. The van der Waals surface area contributed by atoms with E-state index in [9.17, 15) is 55.5 Å². The Morgan fingerprint density at radius 2 is 1.16 bits per heavy atom. The van der Waals surface area contributed by atoms with Crippen molar-refractivity contribution in [3.63, 3.8) is 0 Å². The van der Waals surface area contributed by atoms with Crippen LogP contribution >= 0.6 is 0 Å². The summed E-state index contributed by atoms with van der Waals surface area (Å²) < 4.78 is 65.0. The van der Waals surface area contributed by atoms with Crippen molar-refractivity contribution in [2.24, 2.45) is 17.4 Å². The molecule has 0 aromatic heterocycles. The molecule has 0 spiro atoms. The smallest absolute Gasteiger partial charge is 0.294 e. The lowest BCUT2D eigenvalue weighted by Gasteiger charge is -2.32. The second-order valence-corrected chi connectivity index (χ2v) is 29.0. The summed E-state index contributed by atoms with van der Waals surface area (Å²) in [6, 6.07) is 34.8. The van der Waals surface area contributed by atoms with Gasteiger partial charge in [0.05, 0.1) is 16.4 Å². The molecule has 3 fully saturated rings. The van der Waals surface area contributed by atoms with Crippen LogP contribution in [-0.2, 0) is 55.4 Å². The molecule has 3 heterocycles. The molecule has 0 aliphatic carbocycles. The number of aromatic hydroxyl groups is 1. The lowest BCUT2D eigenvalue weighted by Crippen LogP contribution is -2.60. The van der Waals surface area contributed by atoms with E-state index in [1.807, 2.05) is 74.5 Å². The molecule has 101 heavy (non-hydrogen) atoms. The highest BCUT2D eigenvalue weighted by Gasteiger charge is 2.43. The Bertz CT molecular complexity index is 3880. The van der Waals surface area contributed by atoms with Gasteiger partial charge in [-0.3, -0.25) is 42.7 Å². The Morgan fingerprint density at radius 1 is 0.604 bits per heavy atom. The first-order valence-corrected chi connectivity index (χ1v) is 37.4. The van der Waals surface area contributed by atoms with Gasteiger partial charge >= 0.3 is 0 Å². The van der Waals surface area contributed by atoms with E-state index in [2.05, 4.69) is 33.5 Å². The molecule has 3 saturated heterocycles. The van der Waals surface area contributed by atoms with E-state index in [4.69, 9.17) is 25.3 Å². The molecule has 0 bridgehead atoms. The van der Waals surface area contributed by atoms with Crippen LogP contribution in [-0.4, -0.2) is 157 Å². The number of unbranched alkanes of at least 4 members (excludes halogenated alkanes) is 4. The van der Waals surface area contributed by atoms with Crippen molar-refractivity contribution in [1.82, 2.24) is 36.4 Å². The van der Waals surface area contributed by atoms with E-state index in [0.29, 0.717) is 50.8 Å². The number of nitrogens with two attached hydrogens (primary N) is 2. The predicted molar refractivity (Wildman–Crippen MR) is 385 cm³/mol. The summed E-state index contributed by atoms with van der Waals surface area (Å²) >= 11 is 0. The molecule has 0 unspecified atom stereocenters. The SMILES string of the molecule is CCCCCCOc1ccc(-c2ccc(-c3ccc(C(=O)N[C@H]4CCCNC(=O)[C@@H]5C[C@H](N)CN5C(=O)[C@H](CCCCN)NC(=O)[C@H](CCc5ccc(O)cc5)NC(=O)[C@@H]5CCCN5C(=O)[C@H](C(C)C)NC4=O)cc3)cc2)cc1.Cc1ccc(S(=O)(=O)O)cc1.Cc1ccc(S(=O)(=O)O)cc1. The highest BCUT2D eigenvalue weighted by molar-refractivity contribution is 7.86. The van der Waals surface area contributed by atoms with Crippen LogP contribution in [0.15, 0.2) is 155 Å². The zero-order valence-electron chi connectivity index (χ0n) is 58.0. The summed E-state index contributed by atoms with van der Waals surface area (Å²) in [7, 11) is -8.04. The Hall–Kier alpha value is -9.05. The minimum Gasteiger partial charge on any atom is -0.508 e. The van der Waals surface area contributed by atoms with Crippen LogP contribution in [0.1, 0.15) is 131 Å². The average Bonchev–Trinajstić information content (AvgIpc) is 1.71. The third kappa shape index (κ3) is 24.1. The van der Waals surface area contributed by atoms with Crippen LogP contribution in [0, 0.1) is 19.8 Å². The van der Waals surface area contributed by atoms with Gasteiger partial charge in [-0.15, -0.1) is 0 Å². The molecule has 7 atom stereocenters. The van der Waals surface area contributed by atoms with Crippen molar-refractivity contribution >= 4 is 61.6 Å². The molecule has 9 rings (SSSR count). The van der Waals surface area contributed by atoms with Gasteiger partial charge in [0.1, 0.15) is 47.8 Å². The molecule has 0 radical (unpaired) electrons. The number of hydrogen-bond donors (Lipinski definition) is 10. The maximum Gasteiger partial charge on any atom is 0.294 e. The van der Waals surface area contributed by atoms with Crippen LogP contribution < -0.4 is 42.8 Å². The summed E-state index contributed by atoms with van der Waals surface area (Å²) in [5, 5.41) is 24.4. The highest BCUT2D eigenvalue weighted by Crippen LogP contribution is 2.29. The van der Waals surface area contributed by atoms with Crippen LogP contribution in [0.25, 0.3) is 22.3 Å². The first kappa shape index (κ1) is 79.3. The molecule has 7 amide bonds. The van der Waals surface area contributed by atoms with Gasteiger partial charge in [0, 0.05) is 31.2 Å². The Kier molecular flexibility index (Phi) is 29.9. The van der Waals surface area contributed by atoms with Gasteiger partial charge in [-0.2, -0.15) is 16.8 Å². The molecule has 3 aliphatic heterocycles. The molecule has 544 valence electrons. The molecule has 12 N–H and O–H groups in total. The fraction of sp³-hybridized carbons (Fsp3) is 0.427. The van der Waals surface area contributed by atoms with Crippen molar-refractivity contribution in [2.45, 2.75) is 177 Å². The van der Waals surface area contributed by atoms with Crippen molar-refractivity contribution in [3.8, 4) is 33.8 Å². The number of phenolic OH excluding ortho intramolecular Hbond substituents is 1. The zero-order valence-corrected chi connectivity index (χ0v) is 59.6. The van der Waals surface area contributed by atoms with Gasteiger partial charge in [-0.25, -0.2) is 0 Å². The molecular weight excluding hydrogens is 1330 g/mol. The number of nitrogens with zero attached hydrogens (tertiary/aromatic N) is 2. The molecule has 26 heteroatoms. The van der Waals surface area contributed by atoms with Crippen molar-refractivity contribution in [2.75, 3.05) is 32.8 Å². The maximum absolute atomic E-state index is 14.6. The van der Waals surface area contributed by atoms with Crippen LogP contribution in [0.2, 0.25) is 0 Å². The number of phenols is 1. The summed E-state index contributed by atoms with van der Waals surface area (Å²) in [5.41, 5.74) is 19.2. The van der Waals surface area contributed by atoms with E-state index in [0.717, 1.165) is 57.5 Å².